The fourth-order valence-electron chi connectivity index (χ4n) is 5.18. The molecule has 0 amide bonds. The van der Waals surface area contributed by atoms with E-state index in [4.69, 9.17) is 9.97 Å². The molecule has 4 rings (SSSR count). The molecule has 0 spiro atoms. The summed E-state index contributed by atoms with van der Waals surface area (Å²) < 4.78 is 0. The molecule has 37 heavy (non-hydrogen) atoms. The van der Waals surface area contributed by atoms with E-state index in [-0.39, 0.29) is 10.8 Å². The van der Waals surface area contributed by atoms with E-state index in [1.807, 2.05) is 37.2 Å². The maximum absolute atomic E-state index is 11.1. The van der Waals surface area contributed by atoms with Crippen molar-refractivity contribution in [3.63, 3.8) is 0 Å². The van der Waals surface area contributed by atoms with Crippen LogP contribution in [0.1, 0.15) is 83.9 Å². The molecule has 6 heteroatoms. The third-order valence-electron chi connectivity index (χ3n) is 7.51. The van der Waals surface area contributed by atoms with Gasteiger partial charge in [0, 0.05) is 43.7 Å². The molecule has 6 nitrogen and oxygen atoms in total. The Bertz CT molecular complexity index is 1230. The minimum atomic E-state index is -0.110. The summed E-state index contributed by atoms with van der Waals surface area (Å²) in [7, 11) is 4.05. The van der Waals surface area contributed by atoms with Gasteiger partial charge in [0.2, 0.25) is 5.95 Å². The molecule has 0 saturated heterocycles. The van der Waals surface area contributed by atoms with Crippen LogP contribution < -0.4 is 15.5 Å². The maximum atomic E-state index is 11.1. The molecule has 0 bridgehead atoms. The summed E-state index contributed by atoms with van der Waals surface area (Å²) in [6, 6.07) is 13.3. The molecular formula is C31H45N5O. The second-order valence-electron chi connectivity index (χ2n) is 12.9. The third kappa shape index (κ3) is 6.35. The minimum absolute atomic E-state index is 0.0312. The van der Waals surface area contributed by atoms with Gasteiger partial charge in [0.25, 0.3) is 0 Å². The van der Waals surface area contributed by atoms with E-state index < -0.39 is 0 Å². The van der Waals surface area contributed by atoms with Gasteiger partial charge in [0.1, 0.15) is 11.6 Å². The number of fused-ring (bicyclic) bond motifs is 1. The SMILES string of the molecule is CN(C)c1nc(NC2CCC(NCc3cc(C(C)(C)C)cc(C(C)(C)C)c3O)CC2)nc2ccccc12. The van der Waals surface area contributed by atoms with Crippen molar-refractivity contribution >= 4 is 22.7 Å². The number of aromatic nitrogens is 2. The summed E-state index contributed by atoms with van der Waals surface area (Å²) >= 11 is 0. The third-order valence-corrected chi connectivity index (χ3v) is 7.51. The van der Waals surface area contributed by atoms with Crippen LogP contribution in [-0.4, -0.2) is 41.3 Å². The van der Waals surface area contributed by atoms with Crippen LogP contribution in [0.3, 0.4) is 0 Å². The van der Waals surface area contributed by atoms with E-state index in [0.29, 0.717) is 30.3 Å². The monoisotopic (exact) mass is 503 g/mol. The molecule has 0 aliphatic heterocycles. The molecule has 200 valence electrons. The lowest BCUT2D eigenvalue weighted by molar-refractivity contribution is 0.349. The van der Waals surface area contributed by atoms with E-state index in [1.165, 1.54) is 5.56 Å². The Morgan fingerprint density at radius 3 is 2.16 bits per heavy atom. The molecule has 1 aromatic heterocycles. The number of phenolic OH excluding ortho intramolecular Hbond substituents is 1. The topological polar surface area (TPSA) is 73.3 Å². The van der Waals surface area contributed by atoms with Crippen molar-refractivity contribution in [3.8, 4) is 5.75 Å². The number of rotatable bonds is 6. The number of phenols is 1. The van der Waals surface area contributed by atoms with Gasteiger partial charge in [-0.3, -0.25) is 0 Å². The summed E-state index contributed by atoms with van der Waals surface area (Å²) in [6.45, 7) is 13.9. The second-order valence-corrected chi connectivity index (χ2v) is 12.9. The maximum Gasteiger partial charge on any atom is 0.225 e. The van der Waals surface area contributed by atoms with Crippen LogP contribution in [0.4, 0.5) is 11.8 Å². The zero-order valence-corrected chi connectivity index (χ0v) is 23.9. The van der Waals surface area contributed by atoms with Gasteiger partial charge in [-0.15, -0.1) is 0 Å². The van der Waals surface area contributed by atoms with Crippen LogP contribution in [0.25, 0.3) is 10.9 Å². The number of hydrogen-bond acceptors (Lipinski definition) is 6. The highest BCUT2D eigenvalue weighted by molar-refractivity contribution is 5.90. The van der Waals surface area contributed by atoms with Crippen LogP contribution >= 0.6 is 0 Å². The van der Waals surface area contributed by atoms with E-state index in [9.17, 15) is 5.11 Å². The first-order valence-corrected chi connectivity index (χ1v) is 13.6. The molecule has 0 radical (unpaired) electrons. The summed E-state index contributed by atoms with van der Waals surface area (Å²) in [6.07, 6.45) is 4.29. The van der Waals surface area contributed by atoms with Crippen LogP contribution in [0, 0.1) is 0 Å². The van der Waals surface area contributed by atoms with Crippen molar-refractivity contribution in [2.24, 2.45) is 0 Å². The molecule has 1 heterocycles. The number of para-hydroxylation sites is 1. The Morgan fingerprint density at radius 2 is 1.54 bits per heavy atom. The Labute approximate surface area is 222 Å². The largest absolute Gasteiger partial charge is 0.507 e. The van der Waals surface area contributed by atoms with E-state index in [2.05, 4.69) is 70.4 Å². The molecule has 3 N–H and O–H groups in total. The van der Waals surface area contributed by atoms with Crippen molar-refractivity contribution in [1.82, 2.24) is 15.3 Å². The van der Waals surface area contributed by atoms with Gasteiger partial charge < -0.3 is 20.6 Å². The van der Waals surface area contributed by atoms with Crippen LogP contribution in [0.5, 0.6) is 5.75 Å². The second kappa shape index (κ2) is 10.5. The zero-order valence-electron chi connectivity index (χ0n) is 23.9. The lowest BCUT2D eigenvalue weighted by Crippen LogP contribution is -2.37. The van der Waals surface area contributed by atoms with Crippen LogP contribution in [0.2, 0.25) is 0 Å². The number of hydrogen-bond donors (Lipinski definition) is 3. The predicted molar refractivity (Wildman–Crippen MR) is 156 cm³/mol. The molecule has 1 aliphatic carbocycles. The Hall–Kier alpha value is -2.86. The summed E-state index contributed by atoms with van der Waals surface area (Å²) in [4.78, 5) is 11.6. The van der Waals surface area contributed by atoms with Crippen molar-refractivity contribution < 1.29 is 5.11 Å². The number of nitrogens with one attached hydrogen (secondary N) is 2. The van der Waals surface area contributed by atoms with Gasteiger partial charge in [-0.25, -0.2) is 4.98 Å². The Balaban J connectivity index is 1.40. The van der Waals surface area contributed by atoms with Gasteiger partial charge in [0.05, 0.1) is 5.52 Å². The highest BCUT2D eigenvalue weighted by Crippen LogP contribution is 2.38. The molecule has 1 aliphatic rings. The number of anilines is 2. The molecule has 0 atom stereocenters. The zero-order chi connectivity index (χ0) is 27.0. The highest BCUT2D eigenvalue weighted by Gasteiger charge is 2.26. The normalized spacial score (nSPS) is 18.7. The average molecular weight is 504 g/mol. The molecule has 1 saturated carbocycles. The Morgan fingerprint density at radius 1 is 0.892 bits per heavy atom. The lowest BCUT2D eigenvalue weighted by Gasteiger charge is -2.31. The highest BCUT2D eigenvalue weighted by atomic mass is 16.3. The first kappa shape index (κ1) is 27.2. The number of aromatic hydroxyl groups is 1. The quantitative estimate of drug-likeness (QED) is 0.356. The van der Waals surface area contributed by atoms with E-state index >= 15 is 0 Å². The first-order valence-electron chi connectivity index (χ1n) is 13.6. The standard InChI is InChI=1S/C31H45N5O/c1-30(2,3)21-17-20(27(37)25(18-21)31(4,5)6)19-32-22-13-15-23(16-14-22)33-29-34-26-12-10-9-11-24(26)28(35-29)36(7)8/h9-12,17-18,22-23,32,37H,13-16,19H2,1-8H3,(H,33,34,35). The van der Waals surface area contributed by atoms with Crippen molar-refractivity contribution in [2.45, 2.75) is 96.7 Å². The summed E-state index contributed by atoms with van der Waals surface area (Å²) in [5.41, 5.74) is 4.18. The number of benzene rings is 2. The molecule has 1 fully saturated rings. The first-order chi connectivity index (χ1) is 17.3. The van der Waals surface area contributed by atoms with Gasteiger partial charge in [-0.2, -0.15) is 4.98 Å². The molecule has 3 aromatic rings. The van der Waals surface area contributed by atoms with Gasteiger partial charge in [-0.05, 0) is 59.8 Å². The van der Waals surface area contributed by atoms with Crippen LogP contribution in [0.15, 0.2) is 36.4 Å². The Kier molecular flexibility index (Phi) is 7.70. The average Bonchev–Trinajstić information content (AvgIpc) is 2.82. The predicted octanol–water partition coefficient (Wildman–Crippen LogP) is 6.51. The fraction of sp³-hybridized carbons (Fsp3) is 0.548. The lowest BCUT2D eigenvalue weighted by atomic mass is 9.79. The van der Waals surface area contributed by atoms with Crippen molar-refractivity contribution in [2.75, 3.05) is 24.3 Å². The smallest absolute Gasteiger partial charge is 0.225 e. The summed E-state index contributed by atoms with van der Waals surface area (Å²) in [5.74, 6) is 2.08. The molecular weight excluding hydrogens is 458 g/mol. The van der Waals surface area contributed by atoms with E-state index in [1.54, 1.807) is 0 Å². The van der Waals surface area contributed by atoms with Crippen molar-refractivity contribution in [3.05, 3.63) is 53.1 Å². The van der Waals surface area contributed by atoms with Crippen LogP contribution in [-0.2, 0) is 17.4 Å². The van der Waals surface area contributed by atoms with Gasteiger partial charge in [0.15, 0.2) is 0 Å². The molecule has 0 unspecified atom stereocenters. The number of nitrogens with zero attached hydrogens (tertiary/aromatic N) is 3. The minimum Gasteiger partial charge on any atom is -0.507 e. The van der Waals surface area contributed by atoms with Gasteiger partial charge in [-0.1, -0.05) is 65.8 Å². The fourth-order valence-corrected chi connectivity index (χ4v) is 5.18. The van der Waals surface area contributed by atoms with Gasteiger partial charge >= 0.3 is 0 Å². The van der Waals surface area contributed by atoms with E-state index in [0.717, 1.165) is 53.5 Å². The molecule has 2 aromatic carbocycles. The summed E-state index contributed by atoms with van der Waals surface area (Å²) in [5, 5.41) is 19.5. The van der Waals surface area contributed by atoms with Crippen molar-refractivity contribution in [1.29, 1.82) is 0 Å².